The molecule has 1 saturated heterocycles. The summed E-state index contributed by atoms with van der Waals surface area (Å²) < 4.78 is 0. The number of hydrogen-bond acceptors (Lipinski definition) is 6. The van der Waals surface area contributed by atoms with Gasteiger partial charge in [-0.1, -0.05) is 12.5 Å². The third-order valence-electron chi connectivity index (χ3n) is 5.33. The van der Waals surface area contributed by atoms with Gasteiger partial charge < -0.3 is 19.5 Å². The van der Waals surface area contributed by atoms with Crippen molar-refractivity contribution in [1.29, 1.82) is 0 Å². The zero-order valence-corrected chi connectivity index (χ0v) is 21.3. The van der Waals surface area contributed by atoms with Crippen LogP contribution >= 0.6 is 12.6 Å². The van der Waals surface area contributed by atoms with Gasteiger partial charge >= 0.3 is 0 Å². The molecule has 28 heavy (non-hydrogen) atoms. The van der Waals surface area contributed by atoms with Crippen LogP contribution in [0.25, 0.3) is 0 Å². The predicted octanol–water partition coefficient (Wildman–Crippen LogP) is -0.362. The minimum Gasteiger partial charge on any atom is -0.540 e. The fourth-order valence-electron chi connectivity index (χ4n) is 3.10. The molecular weight excluding hydrogens is 457 g/mol. The van der Waals surface area contributed by atoms with Crippen LogP contribution in [0.3, 0.4) is 0 Å². The van der Waals surface area contributed by atoms with Crippen molar-refractivity contribution >= 4 is 36.6 Å². The summed E-state index contributed by atoms with van der Waals surface area (Å²) in [7, 11) is 6.67. The van der Waals surface area contributed by atoms with Crippen molar-refractivity contribution in [2.75, 3.05) is 40.5 Å². The molecule has 157 valence electrons. The first-order valence-electron chi connectivity index (χ1n) is 9.07. The summed E-state index contributed by atoms with van der Waals surface area (Å²) in [6.45, 7) is 3.76. The average Bonchev–Trinajstić information content (AvgIpc) is 3.13. The van der Waals surface area contributed by atoms with Gasteiger partial charge in [0, 0.05) is 59.1 Å². The molecule has 0 N–H and O–H groups in total. The first-order valence-corrected chi connectivity index (χ1v) is 9.70. The molecule has 0 aromatic rings. The Labute approximate surface area is 198 Å². The Balaban J connectivity index is 0.00000729. The van der Waals surface area contributed by atoms with Crippen LogP contribution in [0, 0.1) is 0 Å². The smallest absolute Gasteiger partial charge is 0.245 e. The molecule has 1 fully saturated rings. The van der Waals surface area contributed by atoms with E-state index in [4.69, 9.17) is 0 Å². The molecule has 0 spiro atoms. The zero-order valence-electron chi connectivity index (χ0n) is 17.6. The number of nitrogens with zero attached hydrogens (tertiary/aromatic N) is 4. The summed E-state index contributed by atoms with van der Waals surface area (Å²) in [5.41, 5.74) is 0. The van der Waals surface area contributed by atoms with Crippen LogP contribution in [-0.4, -0.2) is 108 Å². The van der Waals surface area contributed by atoms with Gasteiger partial charge in [0.1, 0.15) is 12.1 Å². The normalized spacial score (nSPS) is 19.4. The van der Waals surface area contributed by atoms with E-state index in [1.165, 1.54) is 21.7 Å². The van der Waals surface area contributed by atoms with Crippen LogP contribution < -0.4 is 0 Å². The Morgan fingerprint density at radius 3 is 2.07 bits per heavy atom. The Bertz CT molecular complexity index is 578. The number of rotatable bonds is 8. The minimum atomic E-state index is -0.730. The molecule has 0 saturated carbocycles. The molecule has 0 bridgehead atoms. The van der Waals surface area contributed by atoms with Gasteiger partial charge in [-0.15, -0.1) is 0 Å². The maximum atomic E-state index is 12.8. The molecule has 0 aromatic heterocycles. The summed E-state index contributed by atoms with van der Waals surface area (Å²) in [6.07, 6.45) is 3.24. The van der Waals surface area contributed by atoms with Crippen molar-refractivity contribution in [3.63, 3.8) is 0 Å². The minimum absolute atomic E-state index is 0. The molecule has 1 aliphatic rings. The second-order valence-electron chi connectivity index (χ2n) is 7.22. The van der Waals surface area contributed by atoms with Gasteiger partial charge in [0.25, 0.3) is 0 Å². The Morgan fingerprint density at radius 2 is 1.61 bits per heavy atom. The number of carbonyl (C=O) groups excluding carboxylic acids is 4. The van der Waals surface area contributed by atoms with Gasteiger partial charge in [-0.05, 0) is 34.4 Å². The largest absolute Gasteiger partial charge is 0.540 e. The monoisotopic (exact) mass is 488 g/mol. The Morgan fingerprint density at radius 1 is 1.07 bits per heavy atom. The molecule has 4 atom stereocenters. The summed E-state index contributed by atoms with van der Waals surface area (Å²) in [6, 6.07) is -2.44. The number of carbonyl (C=O) groups is 3. The summed E-state index contributed by atoms with van der Waals surface area (Å²) in [4.78, 5) is 55.1. The number of thiol groups is 1. The van der Waals surface area contributed by atoms with Crippen molar-refractivity contribution in [2.24, 2.45) is 0 Å². The van der Waals surface area contributed by atoms with Crippen LogP contribution in [0.4, 0.5) is 0 Å². The first-order chi connectivity index (χ1) is 12.6. The molecule has 1 aliphatic heterocycles. The van der Waals surface area contributed by atoms with E-state index in [1.807, 2.05) is 6.29 Å². The quantitative estimate of drug-likeness (QED) is 0.373. The second-order valence-corrected chi connectivity index (χ2v) is 7.58. The third-order valence-corrected chi connectivity index (χ3v) is 5.67. The summed E-state index contributed by atoms with van der Waals surface area (Å²) in [5.74, 6) is -0.493. The molecule has 0 aromatic carbocycles. The van der Waals surface area contributed by atoms with E-state index >= 15 is 0 Å². The Kier molecular flexibility index (Phi) is 12.0. The number of likely N-dealkylation sites (N-methyl/N-ethyl adjacent to an activating group) is 3. The van der Waals surface area contributed by atoms with Crippen LogP contribution in [0.15, 0.2) is 0 Å². The molecular formula is C18H31N4O4SY-. The first kappa shape index (κ1) is 27.5. The molecule has 10 heteroatoms. The maximum Gasteiger partial charge on any atom is 0.245 e. The van der Waals surface area contributed by atoms with Crippen molar-refractivity contribution in [3.8, 4) is 0 Å². The second kappa shape index (κ2) is 12.2. The predicted molar refractivity (Wildman–Crippen MR) is 106 cm³/mol. The maximum absolute atomic E-state index is 12.8. The van der Waals surface area contributed by atoms with Gasteiger partial charge in [0.05, 0.1) is 6.04 Å². The molecule has 3 amide bonds. The van der Waals surface area contributed by atoms with Crippen LogP contribution in [0.2, 0.25) is 0 Å². The molecule has 1 heterocycles. The third kappa shape index (κ3) is 6.24. The van der Waals surface area contributed by atoms with E-state index in [-0.39, 0.29) is 50.4 Å². The summed E-state index contributed by atoms with van der Waals surface area (Å²) >= 11 is 4.21. The number of amides is 3. The fourth-order valence-corrected chi connectivity index (χ4v) is 3.58. The van der Waals surface area contributed by atoms with E-state index < -0.39 is 24.2 Å². The van der Waals surface area contributed by atoms with E-state index in [0.29, 0.717) is 18.7 Å². The molecule has 8 nitrogen and oxygen atoms in total. The van der Waals surface area contributed by atoms with E-state index in [1.54, 1.807) is 39.9 Å². The van der Waals surface area contributed by atoms with Crippen molar-refractivity contribution < 1.29 is 51.9 Å². The molecule has 0 aliphatic carbocycles. The fraction of sp³-hybridized carbons (Fsp3) is 0.778. The van der Waals surface area contributed by atoms with Crippen LogP contribution in [0.1, 0.15) is 26.7 Å². The SMILES string of the molecule is CC(C(=O)N(C)C(C)C(=O)N1CCCC1[C-]=O)N(C)C(=O)C(CS)N(C)C.[Y]. The van der Waals surface area contributed by atoms with Gasteiger partial charge in [0.2, 0.25) is 17.7 Å². The molecule has 1 radical (unpaired) electrons. The topological polar surface area (TPSA) is 81.2 Å². The van der Waals surface area contributed by atoms with Gasteiger partial charge in [-0.25, -0.2) is 6.29 Å². The van der Waals surface area contributed by atoms with Crippen LogP contribution in [0.5, 0.6) is 0 Å². The van der Waals surface area contributed by atoms with Crippen molar-refractivity contribution in [1.82, 2.24) is 19.6 Å². The Hall–Kier alpha value is -0.506. The van der Waals surface area contributed by atoms with Crippen molar-refractivity contribution in [2.45, 2.75) is 50.9 Å². The zero-order chi connectivity index (χ0) is 20.9. The summed E-state index contributed by atoms with van der Waals surface area (Å²) in [5, 5.41) is 0. The standard InChI is InChI=1S/C18H31N4O4S.Y/c1-12(21(6)18(26)15(11-27)19(3)4)16(24)20(5)13(2)17(25)22-9-7-8-14(22)10-23;/h12-15,27H,7-9,11H2,1-6H3;/q-1;. The van der Waals surface area contributed by atoms with E-state index in [2.05, 4.69) is 12.6 Å². The number of likely N-dealkylation sites (tertiary alicyclic amines) is 1. The van der Waals surface area contributed by atoms with Gasteiger partial charge in [-0.3, -0.25) is 19.3 Å². The van der Waals surface area contributed by atoms with E-state index in [0.717, 1.165) is 6.42 Å². The van der Waals surface area contributed by atoms with Gasteiger partial charge in [-0.2, -0.15) is 12.6 Å². The molecule has 4 unspecified atom stereocenters. The van der Waals surface area contributed by atoms with Crippen molar-refractivity contribution in [3.05, 3.63) is 0 Å². The van der Waals surface area contributed by atoms with Gasteiger partial charge in [0.15, 0.2) is 0 Å². The van der Waals surface area contributed by atoms with Crippen LogP contribution in [-0.2, 0) is 51.9 Å². The average molecular weight is 488 g/mol. The molecule has 1 rings (SSSR count). The van der Waals surface area contributed by atoms with E-state index in [9.17, 15) is 19.2 Å². The number of hydrogen-bond donors (Lipinski definition) is 1.